The predicted octanol–water partition coefficient (Wildman–Crippen LogP) is 4.64. The number of hydrogen-bond donors (Lipinski definition) is 1. The molecule has 0 unspecified atom stereocenters. The number of halogens is 3. The van der Waals surface area contributed by atoms with E-state index in [4.69, 9.17) is 34.8 Å². The zero-order valence-corrected chi connectivity index (χ0v) is 11.4. The molecule has 5 heteroatoms. The van der Waals surface area contributed by atoms with Gasteiger partial charge < -0.3 is 5.32 Å². The third-order valence-corrected chi connectivity index (χ3v) is 3.89. The highest BCUT2D eigenvalue weighted by atomic mass is 35.5. The molecular formula is C11H13Cl3N2. The van der Waals surface area contributed by atoms with Gasteiger partial charge in [0.15, 0.2) is 0 Å². The summed E-state index contributed by atoms with van der Waals surface area (Å²) in [5.41, 5.74) is -0.00615. The van der Waals surface area contributed by atoms with Crippen LogP contribution in [0.1, 0.15) is 26.7 Å². The van der Waals surface area contributed by atoms with Crippen LogP contribution in [0.25, 0.3) is 0 Å². The molecule has 0 saturated heterocycles. The molecule has 0 atom stereocenters. The van der Waals surface area contributed by atoms with Crippen molar-refractivity contribution in [2.45, 2.75) is 32.2 Å². The Morgan fingerprint density at radius 2 is 1.88 bits per heavy atom. The maximum absolute atomic E-state index is 6.06. The molecular weight excluding hydrogens is 266 g/mol. The Labute approximate surface area is 110 Å². The van der Waals surface area contributed by atoms with Gasteiger partial charge in [-0.2, -0.15) is 0 Å². The molecule has 1 aliphatic rings. The van der Waals surface area contributed by atoms with E-state index in [1.807, 2.05) is 0 Å². The zero-order valence-electron chi connectivity index (χ0n) is 9.15. The summed E-state index contributed by atoms with van der Waals surface area (Å²) in [5.74, 6) is 1.28. The smallest absolute Gasteiger partial charge is 0.150 e. The van der Waals surface area contributed by atoms with Crippen molar-refractivity contribution in [3.63, 3.8) is 0 Å². The van der Waals surface area contributed by atoms with Crippen LogP contribution >= 0.6 is 34.8 Å². The van der Waals surface area contributed by atoms with E-state index >= 15 is 0 Å². The lowest BCUT2D eigenvalue weighted by molar-refractivity contribution is 0.492. The standard InChI is InChI=1S/C11H13Cl3N2/c1-11(2,6-3-4-6)16-10-8(13)5-7(12)9(14)15-10/h5-6H,3-4H2,1-2H3,(H,15,16). The summed E-state index contributed by atoms with van der Waals surface area (Å²) in [6.07, 6.45) is 2.50. The number of rotatable bonds is 3. The molecule has 0 amide bonds. The first kappa shape index (κ1) is 12.3. The van der Waals surface area contributed by atoms with Crippen molar-refractivity contribution in [1.82, 2.24) is 4.98 Å². The average molecular weight is 280 g/mol. The van der Waals surface area contributed by atoms with Gasteiger partial charge in [0, 0.05) is 5.54 Å². The molecule has 0 aliphatic heterocycles. The van der Waals surface area contributed by atoms with Crippen molar-refractivity contribution >= 4 is 40.6 Å². The number of pyridine rings is 1. The summed E-state index contributed by atoms with van der Waals surface area (Å²) in [7, 11) is 0. The molecule has 0 radical (unpaired) electrons. The van der Waals surface area contributed by atoms with Crippen LogP contribution in [0.3, 0.4) is 0 Å². The lowest BCUT2D eigenvalue weighted by Crippen LogP contribution is -2.33. The van der Waals surface area contributed by atoms with E-state index in [-0.39, 0.29) is 10.7 Å². The summed E-state index contributed by atoms with van der Waals surface area (Å²) in [4.78, 5) is 4.16. The molecule has 1 N–H and O–H groups in total. The lowest BCUT2D eigenvalue weighted by atomic mass is 9.99. The largest absolute Gasteiger partial charge is 0.364 e. The van der Waals surface area contributed by atoms with E-state index in [0.717, 1.165) is 0 Å². The van der Waals surface area contributed by atoms with Gasteiger partial charge in [-0.3, -0.25) is 0 Å². The first-order valence-electron chi connectivity index (χ1n) is 5.20. The second-order valence-electron chi connectivity index (χ2n) is 4.71. The molecule has 1 aromatic heterocycles. The van der Waals surface area contributed by atoms with Gasteiger partial charge in [0.05, 0.1) is 10.0 Å². The van der Waals surface area contributed by atoms with Gasteiger partial charge in [0.25, 0.3) is 0 Å². The van der Waals surface area contributed by atoms with Crippen molar-refractivity contribution in [2.75, 3.05) is 5.32 Å². The highest BCUT2D eigenvalue weighted by molar-refractivity contribution is 6.42. The molecule has 1 aliphatic carbocycles. The summed E-state index contributed by atoms with van der Waals surface area (Å²) in [6, 6.07) is 1.61. The maximum atomic E-state index is 6.06. The quantitative estimate of drug-likeness (QED) is 0.815. The molecule has 2 rings (SSSR count). The highest BCUT2D eigenvalue weighted by Gasteiger charge is 2.38. The van der Waals surface area contributed by atoms with Gasteiger partial charge in [0.2, 0.25) is 0 Å². The monoisotopic (exact) mass is 278 g/mol. The molecule has 1 aromatic rings. The Kier molecular flexibility index (Phi) is 3.26. The van der Waals surface area contributed by atoms with E-state index in [2.05, 4.69) is 24.1 Å². The van der Waals surface area contributed by atoms with Crippen molar-refractivity contribution in [2.24, 2.45) is 5.92 Å². The van der Waals surface area contributed by atoms with Gasteiger partial charge in [-0.1, -0.05) is 34.8 Å². The Bertz CT molecular complexity index is 414. The van der Waals surface area contributed by atoms with E-state index in [1.165, 1.54) is 12.8 Å². The Hall–Kier alpha value is -0.180. The topological polar surface area (TPSA) is 24.9 Å². The fourth-order valence-corrected chi connectivity index (χ4v) is 2.29. The summed E-state index contributed by atoms with van der Waals surface area (Å²) >= 11 is 17.8. The van der Waals surface area contributed by atoms with Crippen molar-refractivity contribution in [3.8, 4) is 0 Å². The number of hydrogen-bond acceptors (Lipinski definition) is 2. The molecule has 2 nitrogen and oxygen atoms in total. The Morgan fingerprint density at radius 3 is 2.44 bits per heavy atom. The predicted molar refractivity (Wildman–Crippen MR) is 69.7 cm³/mol. The summed E-state index contributed by atoms with van der Waals surface area (Å²) in [5, 5.41) is 4.49. The summed E-state index contributed by atoms with van der Waals surface area (Å²) < 4.78 is 0. The first-order chi connectivity index (χ1) is 7.40. The molecule has 1 fully saturated rings. The van der Waals surface area contributed by atoms with Crippen LogP contribution in [0.2, 0.25) is 15.2 Å². The van der Waals surface area contributed by atoms with Crippen LogP contribution in [-0.4, -0.2) is 10.5 Å². The highest BCUT2D eigenvalue weighted by Crippen LogP contribution is 2.42. The normalized spacial score (nSPS) is 16.3. The minimum Gasteiger partial charge on any atom is -0.364 e. The number of aromatic nitrogens is 1. The van der Waals surface area contributed by atoms with Crippen LogP contribution in [0.15, 0.2) is 6.07 Å². The molecule has 0 spiro atoms. The molecule has 1 saturated carbocycles. The maximum Gasteiger partial charge on any atom is 0.150 e. The molecule has 88 valence electrons. The van der Waals surface area contributed by atoms with Gasteiger partial charge in [-0.05, 0) is 38.7 Å². The van der Waals surface area contributed by atoms with Crippen LogP contribution in [-0.2, 0) is 0 Å². The molecule has 16 heavy (non-hydrogen) atoms. The minimum atomic E-state index is -0.00615. The third-order valence-electron chi connectivity index (χ3n) is 2.93. The fraction of sp³-hybridized carbons (Fsp3) is 0.545. The minimum absolute atomic E-state index is 0.00615. The number of nitrogens with zero attached hydrogens (tertiary/aromatic N) is 1. The zero-order chi connectivity index (χ0) is 11.9. The molecule has 1 heterocycles. The van der Waals surface area contributed by atoms with Gasteiger partial charge in [0.1, 0.15) is 11.0 Å². The second-order valence-corrected chi connectivity index (χ2v) is 5.88. The van der Waals surface area contributed by atoms with E-state index in [1.54, 1.807) is 6.07 Å². The molecule has 0 bridgehead atoms. The average Bonchev–Trinajstić information content (AvgIpc) is 2.96. The Balaban J connectivity index is 2.23. The van der Waals surface area contributed by atoms with Gasteiger partial charge in [-0.25, -0.2) is 4.98 Å². The van der Waals surface area contributed by atoms with Gasteiger partial charge in [-0.15, -0.1) is 0 Å². The second kappa shape index (κ2) is 4.25. The van der Waals surface area contributed by atoms with E-state index in [0.29, 0.717) is 21.8 Å². The lowest BCUT2D eigenvalue weighted by Gasteiger charge is -2.27. The third kappa shape index (κ3) is 2.55. The number of anilines is 1. The van der Waals surface area contributed by atoms with E-state index < -0.39 is 0 Å². The summed E-state index contributed by atoms with van der Waals surface area (Å²) in [6.45, 7) is 4.29. The van der Waals surface area contributed by atoms with Crippen molar-refractivity contribution in [3.05, 3.63) is 21.3 Å². The van der Waals surface area contributed by atoms with Crippen LogP contribution in [0, 0.1) is 5.92 Å². The van der Waals surface area contributed by atoms with Crippen molar-refractivity contribution in [1.29, 1.82) is 0 Å². The number of nitrogens with one attached hydrogen (secondary N) is 1. The van der Waals surface area contributed by atoms with Crippen molar-refractivity contribution < 1.29 is 0 Å². The fourth-order valence-electron chi connectivity index (χ4n) is 1.74. The van der Waals surface area contributed by atoms with Crippen LogP contribution in [0.4, 0.5) is 5.82 Å². The van der Waals surface area contributed by atoms with Crippen LogP contribution < -0.4 is 5.32 Å². The van der Waals surface area contributed by atoms with Crippen LogP contribution in [0.5, 0.6) is 0 Å². The Morgan fingerprint density at radius 1 is 1.25 bits per heavy atom. The molecule has 0 aromatic carbocycles. The first-order valence-corrected chi connectivity index (χ1v) is 6.33. The van der Waals surface area contributed by atoms with Gasteiger partial charge >= 0.3 is 0 Å². The SMILES string of the molecule is CC(C)(Nc1nc(Cl)c(Cl)cc1Cl)C1CC1. The van der Waals surface area contributed by atoms with E-state index in [9.17, 15) is 0 Å².